The van der Waals surface area contributed by atoms with Crippen LogP contribution in [0.25, 0.3) is 11.6 Å². The van der Waals surface area contributed by atoms with E-state index in [2.05, 4.69) is 10.3 Å². The molecule has 2 aromatic rings. The zero-order valence-corrected chi connectivity index (χ0v) is 24.0. The lowest BCUT2D eigenvalue weighted by atomic mass is 9.94. The van der Waals surface area contributed by atoms with E-state index in [1.807, 2.05) is 13.8 Å². The lowest BCUT2D eigenvalue weighted by Crippen LogP contribution is -2.55. The van der Waals surface area contributed by atoms with Gasteiger partial charge in [0.05, 0.1) is 16.8 Å². The molecule has 3 rings (SSSR count). The molecule has 1 unspecified atom stereocenters. The summed E-state index contributed by atoms with van der Waals surface area (Å²) < 4.78 is 81.1. The molecule has 1 aromatic heterocycles. The lowest BCUT2D eigenvalue weighted by molar-refractivity contribution is -0.110. The molecule has 0 fully saturated rings. The van der Waals surface area contributed by atoms with Gasteiger partial charge in [0, 0.05) is 53.1 Å². The maximum atomic E-state index is 14.7. The first-order valence-electron chi connectivity index (χ1n) is 16.7. The van der Waals surface area contributed by atoms with Gasteiger partial charge >= 0.3 is 0 Å². The van der Waals surface area contributed by atoms with Crippen LogP contribution in [0.3, 0.4) is 0 Å². The maximum Gasteiger partial charge on any atom is 0.256 e. The highest BCUT2D eigenvalue weighted by molar-refractivity contribution is 6.35. The summed E-state index contributed by atoms with van der Waals surface area (Å²) >= 11 is 0. The highest BCUT2D eigenvalue weighted by Crippen LogP contribution is 2.39. The van der Waals surface area contributed by atoms with E-state index >= 15 is 0 Å². The number of nitrogens with zero attached hydrogens (tertiary/aromatic N) is 2. The number of benzene rings is 1. The average Bonchev–Trinajstić information content (AvgIpc) is 3.36. The van der Waals surface area contributed by atoms with Gasteiger partial charge in [0.1, 0.15) is 5.82 Å². The molecule has 208 valence electrons. The number of aromatic amines is 1. The van der Waals surface area contributed by atoms with E-state index in [4.69, 9.17) is 11.0 Å². The second-order valence-corrected chi connectivity index (χ2v) is 10.9. The number of likely N-dealkylation sites (N-methyl/N-ethyl adjacent to an activating group) is 1. The van der Waals surface area contributed by atoms with Gasteiger partial charge in [-0.15, -0.1) is 0 Å². The minimum Gasteiger partial charge on any atom is -0.358 e. The smallest absolute Gasteiger partial charge is 0.256 e. The van der Waals surface area contributed by atoms with Crippen molar-refractivity contribution >= 4 is 29.2 Å². The highest BCUT2D eigenvalue weighted by Gasteiger charge is 2.34. The first-order valence-corrected chi connectivity index (χ1v) is 12.7. The summed E-state index contributed by atoms with van der Waals surface area (Å²) in [5, 5.41) is 2.82. The number of carbonyl (C=O) groups excluding carboxylic acids is 2. The Bertz CT molecular complexity index is 1560. The van der Waals surface area contributed by atoms with E-state index in [1.165, 1.54) is 31.9 Å². The van der Waals surface area contributed by atoms with Crippen LogP contribution in [0.15, 0.2) is 6.07 Å². The number of hydrogen-bond donors (Lipinski definition) is 2. The fourth-order valence-corrected chi connectivity index (χ4v) is 5.21. The highest BCUT2D eigenvalue weighted by atomic mass is 19.1. The number of anilines is 1. The quantitative estimate of drug-likeness (QED) is 0.355. The number of rotatable bonds is 9. The average molecular weight is 533 g/mol. The van der Waals surface area contributed by atoms with E-state index in [0.29, 0.717) is 49.8 Å². The predicted octanol–water partition coefficient (Wildman–Crippen LogP) is 6.67. The van der Waals surface area contributed by atoms with Crippen molar-refractivity contribution in [3.05, 3.63) is 51.1 Å². The van der Waals surface area contributed by atoms with Gasteiger partial charge in [0.2, 0.25) is 0 Å². The summed E-state index contributed by atoms with van der Waals surface area (Å²) in [6.07, 6.45) is -0.976. The minimum absolute atomic E-state index is 0.220. The third-order valence-corrected chi connectivity index (χ3v) is 7.08. The van der Waals surface area contributed by atoms with Crippen LogP contribution in [0.2, 0.25) is 0 Å². The second kappa shape index (κ2) is 11.0. The number of aryl methyl sites for hydroxylation is 1. The molecule has 0 radical (unpaired) electrons. The van der Waals surface area contributed by atoms with Crippen molar-refractivity contribution < 1.29 is 24.9 Å². The van der Waals surface area contributed by atoms with Crippen molar-refractivity contribution in [3.63, 3.8) is 0 Å². The first kappa shape index (κ1) is 20.0. The Morgan fingerprint density at radius 3 is 2.50 bits per heavy atom. The van der Waals surface area contributed by atoms with E-state index in [0.717, 1.165) is 13.8 Å². The van der Waals surface area contributed by atoms with Crippen molar-refractivity contribution in [2.75, 3.05) is 25.4 Å². The van der Waals surface area contributed by atoms with Gasteiger partial charge in [-0.2, -0.15) is 0 Å². The van der Waals surface area contributed by atoms with Crippen molar-refractivity contribution in [2.45, 2.75) is 93.0 Å². The number of fused-ring (bicyclic) bond motifs is 1. The fourth-order valence-electron chi connectivity index (χ4n) is 5.21. The van der Waals surface area contributed by atoms with Gasteiger partial charge in [-0.05, 0) is 96.0 Å². The Morgan fingerprint density at radius 2 is 1.92 bits per heavy atom. The molecule has 0 saturated heterocycles. The Hall–Kier alpha value is -2.93. The van der Waals surface area contributed by atoms with Crippen LogP contribution < -0.4 is 5.32 Å². The molecule has 2 amide bonds. The Morgan fingerprint density at radius 1 is 1.26 bits per heavy atom. The molecular weight excluding hydrogens is 479 g/mol. The second-order valence-electron chi connectivity index (χ2n) is 10.9. The molecule has 6 nitrogen and oxygen atoms in total. The van der Waals surface area contributed by atoms with Crippen LogP contribution in [0.5, 0.6) is 0 Å². The number of halogens is 1. The number of H-pyrrole nitrogens is 1. The summed E-state index contributed by atoms with van der Waals surface area (Å²) in [6.45, 7) is 7.55. The van der Waals surface area contributed by atoms with Crippen LogP contribution >= 0.6 is 0 Å². The van der Waals surface area contributed by atoms with Crippen LogP contribution in [0, 0.1) is 26.6 Å². The van der Waals surface area contributed by atoms with Crippen LogP contribution in [-0.2, 0) is 4.79 Å². The van der Waals surface area contributed by atoms with Crippen molar-refractivity contribution in [3.8, 4) is 0 Å². The van der Waals surface area contributed by atoms with E-state index in [9.17, 15) is 14.0 Å². The summed E-state index contributed by atoms with van der Waals surface area (Å²) in [5.74, 6) is -1.55. The monoisotopic (exact) mass is 532 g/mol. The largest absolute Gasteiger partial charge is 0.358 e. The van der Waals surface area contributed by atoms with Crippen molar-refractivity contribution in [2.24, 2.45) is 0 Å². The molecule has 38 heavy (non-hydrogen) atoms. The molecule has 2 heterocycles. The first-order chi connectivity index (χ1) is 20.6. The minimum atomic E-state index is -3.03. The molecule has 1 aromatic carbocycles. The number of amides is 2. The molecule has 2 N–H and O–H groups in total. The molecule has 0 saturated carbocycles. The third kappa shape index (κ3) is 5.44. The molecule has 0 aliphatic carbocycles. The predicted molar refractivity (Wildman–Crippen MR) is 155 cm³/mol. The summed E-state index contributed by atoms with van der Waals surface area (Å²) in [5.41, 5.74) is 2.54. The zero-order chi connectivity index (χ0) is 35.7. The standard InChI is InChI=1S/C31H45FN4O2/c1-12-13-36(18(4)5)31(9,10)16-35(11)30(38)27-21(8)33-25(26(27)17(2)3)15-23-22-14-24(32)19(6)20(7)28(22)34-29(23)37/h14-15,17-18,33H,12-13,16H2,1-11H3,(H,34,37)/b23-15-/i4D3,12D2,13D2,18D. The molecule has 0 bridgehead atoms. The zero-order valence-electron chi connectivity index (χ0n) is 32.0. The summed E-state index contributed by atoms with van der Waals surface area (Å²) in [7, 11) is 1.47. The number of carbonyl (C=O) groups is 2. The number of nitrogens with one attached hydrogen (secondary N) is 2. The van der Waals surface area contributed by atoms with Crippen LogP contribution in [-0.4, -0.2) is 58.2 Å². The van der Waals surface area contributed by atoms with Crippen molar-refractivity contribution in [1.29, 1.82) is 0 Å². The Balaban J connectivity index is 2.11. The van der Waals surface area contributed by atoms with Gasteiger partial charge in [-0.3, -0.25) is 14.5 Å². The van der Waals surface area contributed by atoms with E-state index in [1.54, 1.807) is 26.8 Å². The molecule has 1 atom stereocenters. The Labute approximate surface area is 238 Å². The maximum absolute atomic E-state index is 14.7. The number of aromatic nitrogens is 1. The normalized spacial score (nSPS) is 20.4. The third-order valence-electron chi connectivity index (χ3n) is 7.08. The van der Waals surface area contributed by atoms with Gasteiger partial charge in [-0.25, -0.2) is 4.39 Å². The fraction of sp³-hybridized carbons (Fsp3) is 0.548. The van der Waals surface area contributed by atoms with Gasteiger partial charge in [-0.1, -0.05) is 20.8 Å². The molecule has 0 spiro atoms. The lowest BCUT2D eigenvalue weighted by Gasteiger charge is -2.43. The molecule has 7 heteroatoms. The summed E-state index contributed by atoms with van der Waals surface area (Å²) in [6, 6.07) is -1.26. The van der Waals surface area contributed by atoms with Gasteiger partial charge in [0.15, 0.2) is 0 Å². The van der Waals surface area contributed by atoms with Crippen LogP contribution in [0.1, 0.15) is 116 Å². The van der Waals surface area contributed by atoms with E-state index in [-0.39, 0.29) is 18.0 Å². The Kier molecular flexibility index (Phi) is 5.83. The van der Waals surface area contributed by atoms with Gasteiger partial charge < -0.3 is 15.2 Å². The van der Waals surface area contributed by atoms with Crippen LogP contribution in [0.4, 0.5) is 10.1 Å². The topological polar surface area (TPSA) is 68.4 Å². The summed E-state index contributed by atoms with van der Waals surface area (Å²) in [4.78, 5) is 32.4. The SMILES string of the molecule is [2H]C([2H])([2H])C([2H])(C)N(C(C)(C)CN(C)C(=O)c1c(C)[nH]c(/C=C2\C(=O)Nc3c2cc(F)c(C)c3C)c1C(C)C)C([2H])([2H])C([2H])([2H])C. The van der Waals surface area contributed by atoms with Crippen molar-refractivity contribution in [1.82, 2.24) is 14.8 Å². The number of hydrogen-bond acceptors (Lipinski definition) is 3. The van der Waals surface area contributed by atoms with Gasteiger partial charge in [0.25, 0.3) is 11.8 Å². The molecule has 1 aliphatic heterocycles. The van der Waals surface area contributed by atoms with E-state index < -0.39 is 48.9 Å². The molecular formula is C31H45FN4O2. The molecule has 1 aliphatic rings.